The number of nitrogens with zero attached hydrogens (tertiary/aromatic N) is 2. The minimum absolute atomic E-state index is 0.474. The molecule has 4 heteroatoms. The van der Waals surface area contributed by atoms with Crippen LogP contribution in [0.2, 0.25) is 0 Å². The summed E-state index contributed by atoms with van der Waals surface area (Å²) in [5.74, 6) is -0.474. The summed E-state index contributed by atoms with van der Waals surface area (Å²) in [6.45, 7) is 0. The Morgan fingerprint density at radius 1 is 1.40 bits per heavy atom. The molecule has 10 heavy (non-hydrogen) atoms. The van der Waals surface area contributed by atoms with Gasteiger partial charge in [0.05, 0.1) is 10.2 Å². The molecule has 0 aliphatic rings. The Morgan fingerprint density at radius 3 is 3.20 bits per heavy atom. The third-order valence-electron chi connectivity index (χ3n) is 1.16. The maximum atomic E-state index is 12.4. The minimum atomic E-state index is -0.474. The van der Waals surface area contributed by atoms with Gasteiger partial charge in [0, 0.05) is 0 Å². The molecular weight excluding hydrogens is 151 g/mol. The van der Waals surface area contributed by atoms with Crippen LogP contribution in [0.25, 0.3) is 10.3 Å². The predicted molar refractivity (Wildman–Crippen MR) is 37.4 cm³/mol. The van der Waals surface area contributed by atoms with E-state index in [-0.39, 0.29) is 0 Å². The number of thiazole rings is 1. The first-order valence-electron chi connectivity index (χ1n) is 2.72. The van der Waals surface area contributed by atoms with Crippen LogP contribution >= 0.6 is 11.3 Å². The summed E-state index contributed by atoms with van der Waals surface area (Å²) in [7, 11) is 0. The van der Waals surface area contributed by atoms with Crippen molar-refractivity contribution in [3.05, 3.63) is 23.6 Å². The molecular formula is C6H3FN2S. The van der Waals surface area contributed by atoms with Crippen LogP contribution in [0.4, 0.5) is 4.39 Å². The largest absolute Gasteiger partial charge is 0.225 e. The number of hydrogen-bond donors (Lipinski definition) is 0. The van der Waals surface area contributed by atoms with Gasteiger partial charge in [0.25, 0.3) is 0 Å². The SMILES string of the molecule is Fc1ccc2scnc2n1. The summed E-state index contributed by atoms with van der Waals surface area (Å²) < 4.78 is 13.3. The molecule has 0 amide bonds. The van der Waals surface area contributed by atoms with E-state index in [1.807, 2.05) is 0 Å². The van der Waals surface area contributed by atoms with Crippen LogP contribution in [0, 0.1) is 5.95 Å². The molecule has 0 N–H and O–H groups in total. The third-order valence-corrected chi connectivity index (χ3v) is 1.94. The molecule has 0 unspecified atom stereocenters. The Hall–Kier alpha value is -1.03. The molecule has 0 fully saturated rings. The Kier molecular flexibility index (Phi) is 1.14. The van der Waals surface area contributed by atoms with Crippen LogP contribution < -0.4 is 0 Å². The molecule has 0 aliphatic heterocycles. The van der Waals surface area contributed by atoms with Crippen LogP contribution in [-0.2, 0) is 0 Å². The van der Waals surface area contributed by atoms with E-state index < -0.39 is 5.95 Å². The molecule has 0 bridgehead atoms. The highest BCUT2D eigenvalue weighted by molar-refractivity contribution is 7.16. The van der Waals surface area contributed by atoms with Crippen molar-refractivity contribution in [3.8, 4) is 0 Å². The van der Waals surface area contributed by atoms with Gasteiger partial charge in [-0.15, -0.1) is 11.3 Å². The molecule has 2 aromatic heterocycles. The lowest BCUT2D eigenvalue weighted by atomic mass is 10.5. The molecule has 50 valence electrons. The summed E-state index contributed by atoms with van der Waals surface area (Å²) in [5, 5.41) is 0. The van der Waals surface area contributed by atoms with Gasteiger partial charge in [-0.3, -0.25) is 0 Å². The predicted octanol–water partition coefficient (Wildman–Crippen LogP) is 1.83. The number of halogens is 1. The van der Waals surface area contributed by atoms with Crippen molar-refractivity contribution in [2.45, 2.75) is 0 Å². The average Bonchev–Trinajstić information content (AvgIpc) is 2.33. The lowest BCUT2D eigenvalue weighted by Crippen LogP contribution is -1.80. The standard InChI is InChI=1S/C6H3FN2S/c7-5-2-1-4-6(9-5)8-3-10-4/h1-3H. The van der Waals surface area contributed by atoms with E-state index in [1.54, 1.807) is 11.6 Å². The minimum Gasteiger partial charge on any atom is -0.225 e. The first-order chi connectivity index (χ1) is 4.86. The lowest BCUT2D eigenvalue weighted by Gasteiger charge is -1.84. The number of fused-ring (bicyclic) bond motifs is 1. The molecule has 2 nitrogen and oxygen atoms in total. The van der Waals surface area contributed by atoms with Crippen molar-refractivity contribution in [1.29, 1.82) is 0 Å². The highest BCUT2D eigenvalue weighted by atomic mass is 32.1. The number of aromatic nitrogens is 2. The average molecular weight is 154 g/mol. The van der Waals surface area contributed by atoms with Crippen LogP contribution in [0.3, 0.4) is 0 Å². The molecule has 0 spiro atoms. The van der Waals surface area contributed by atoms with E-state index in [1.165, 1.54) is 17.4 Å². The molecule has 2 heterocycles. The van der Waals surface area contributed by atoms with Gasteiger partial charge in [-0.2, -0.15) is 9.37 Å². The van der Waals surface area contributed by atoms with E-state index in [2.05, 4.69) is 9.97 Å². The number of pyridine rings is 1. The normalized spacial score (nSPS) is 10.5. The zero-order valence-electron chi connectivity index (χ0n) is 4.91. The monoisotopic (exact) mass is 154 g/mol. The number of rotatable bonds is 0. The molecule has 0 aliphatic carbocycles. The van der Waals surface area contributed by atoms with Crippen molar-refractivity contribution >= 4 is 21.7 Å². The molecule has 0 radical (unpaired) electrons. The van der Waals surface area contributed by atoms with Crippen molar-refractivity contribution in [2.75, 3.05) is 0 Å². The molecule has 2 aromatic rings. The van der Waals surface area contributed by atoms with E-state index in [0.717, 1.165) is 4.70 Å². The fraction of sp³-hybridized carbons (Fsp3) is 0. The van der Waals surface area contributed by atoms with Crippen molar-refractivity contribution in [1.82, 2.24) is 9.97 Å². The second-order valence-electron chi connectivity index (χ2n) is 1.81. The van der Waals surface area contributed by atoms with Gasteiger partial charge in [0.1, 0.15) is 0 Å². The molecule has 0 atom stereocenters. The maximum Gasteiger partial charge on any atom is 0.214 e. The van der Waals surface area contributed by atoms with Gasteiger partial charge in [-0.1, -0.05) is 0 Å². The topological polar surface area (TPSA) is 25.8 Å². The zero-order chi connectivity index (χ0) is 6.97. The van der Waals surface area contributed by atoms with Gasteiger partial charge in [-0.25, -0.2) is 4.98 Å². The van der Waals surface area contributed by atoms with E-state index in [9.17, 15) is 4.39 Å². The molecule has 2 rings (SSSR count). The van der Waals surface area contributed by atoms with Gasteiger partial charge in [0.15, 0.2) is 5.65 Å². The first-order valence-corrected chi connectivity index (χ1v) is 3.60. The summed E-state index contributed by atoms with van der Waals surface area (Å²) in [6, 6.07) is 3.01. The Morgan fingerprint density at radius 2 is 2.30 bits per heavy atom. The fourth-order valence-corrected chi connectivity index (χ4v) is 1.35. The van der Waals surface area contributed by atoms with Crippen LogP contribution in [0.1, 0.15) is 0 Å². The van der Waals surface area contributed by atoms with Crippen LogP contribution in [0.15, 0.2) is 17.6 Å². The van der Waals surface area contributed by atoms with Gasteiger partial charge < -0.3 is 0 Å². The Balaban J connectivity index is 2.86. The smallest absolute Gasteiger partial charge is 0.214 e. The Labute approximate surface area is 60.4 Å². The van der Waals surface area contributed by atoms with Crippen molar-refractivity contribution in [3.63, 3.8) is 0 Å². The maximum absolute atomic E-state index is 12.4. The van der Waals surface area contributed by atoms with Gasteiger partial charge >= 0.3 is 0 Å². The summed E-state index contributed by atoms with van der Waals surface area (Å²) in [4.78, 5) is 7.42. The van der Waals surface area contributed by atoms with E-state index in [0.29, 0.717) is 5.65 Å². The lowest BCUT2D eigenvalue weighted by molar-refractivity contribution is 0.588. The first kappa shape index (κ1) is 5.73. The molecule has 0 aromatic carbocycles. The van der Waals surface area contributed by atoms with E-state index >= 15 is 0 Å². The van der Waals surface area contributed by atoms with Crippen molar-refractivity contribution in [2.24, 2.45) is 0 Å². The quantitative estimate of drug-likeness (QED) is 0.541. The molecule has 0 saturated heterocycles. The van der Waals surface area contributed by atoms with Crippen LogP contribution in [0.5, 0.6) is 0 Å². The Bertz CT molecular complexity index is 357. The van der Waals surface area contributed by atoms with Gasteiger partial charge in [-0.05, 0) is 12.1 Å². The van der Waals surface area contributed by atoms with Gasteiger partial charge in [0.2, 0.25) is 5.95 Å². The summed E-state index contributed by atoms with van der Waals surface area (Å²) in [6.07, 6.45) is 0. The van der Waals surface area contributed by atoms with E-state index in [4.69, 9.17) is 0 Å². The highest BCUT2D eigenvalue weighted by Gasteiger charge is 1.97. The van der Waals surface area contributed by atoms with Crippen LogP contribution in [-0.4, -0.2) is 9.97 Å². The third kappa shape index (κ3) is 0.769. The summed E-state index contributed by atoms with van der Waals surface area (Å²) >= 11 is 1.46. The summed E-state index contributed by atoms with van der Waals surface area (Å²) in [5.41, 5.74) is 2.14. The fourth-order valence-electron chi connectivity index (χ4n) is 0.730. The van der Waals surface area contributed by atoms with Crippen molar-refractivity contribution < 1.29 is 4.39 Å². The number of hydrogen-bond acceptors (Lipinski definition) is 3. The highest BCUT2D eigenvalue weighted by Crippen LogP contribution is 2.14. The molecule has 0 saturated carbocycles. The second-order valence-corrected chi connectivity index (χ2v) is 2.69. The zero-order valence-corrected chi connectivity index (χ0v) is 5.73. The second kappa shape index (κ2) is 1.98.